The van der Waals surface area contributed by atoms with E-state index in [1.807, 2.05) is 6.20 Å². The Morgan fingerprint density at radius 3 is 2.67 bits per heavy atom. The van der Waals surface area contributed by atoms with Gasteiger partial charge in [-0.3, -0.25) is 4.98 Å². The van der Waals surface area contributed by atoms with Crippen molar-refractivity contribution in [3.8, 4) is 0 Å². The van der Waals surface area contributed by atoms with Crippen LogP contribution >= 0.6 is 0 Å². The first-order valence-corrected chi connectivity index (χ1v) is 6.85. The molecule has 18 heavy (non-hydrogen) atoms. The summed E-state index contributed by atoms with van der Waals surface area (Å²) in [7, 11) is 0. The number of benzene rings is 1. The Hall–Kier alpha value is -1.41. The van der Waals surface area contributed by atoms with E-state index in [0.29, 0.717) is 12.0 Å². The summed E-state index contributed by atoms with van der Waals surface area (Å²) < 4.78 is 0. The van der Waals surface area contributed by atoms with Crippen molar-refractivity contribution in [2.45, 2.75) is 33.2 Å². The van der Waals surface area contributed by atoms with Gasteiger partial charge in [0.1, 0.15) is 0 Å². The lowest BCUT2D eigenvalue weighted by Gasteiger charge is -2.24. The van der Waals surface area contributed by atoms with E-state index < -0.39 is 0 Å². The molecular weight excluding hydrogens is 220 g/mol. The van der Waals surface area contributed by atoms with Crippen LogP contribution < -0.4 is 5.32 Å². The molecule has 1 aromatic heterocycles. The minimum Gasteiger partial charge on any atom is -0.309 e. The highest BCUT2D eigenvalue weighted by Gasteiger charge is 2.20. The van der Waals surface area contributed by atoms with Gasteiger partial charge >= 0.3 is 0 Å². The molecule has 1 aromatic carbocycles. The van der Waals surface area contributed by atoms with Gasteiger partial charge in [0.25, 0.3) is 0 Å². The lowest BCUT2D eigenvalue weighted by molar-refractivity contribution is 0.379. The second-order valence-electron chi connectivity index (χ2n) is 4.84. The molecule has 2 unspecified atom stereocenters. The Balaban J connectivity index is 2.49. The van der Waals surface area contributed by atoms with E-state index in [1.165, 1.54) is 16.5 Å². The molecule has 1 heterocycles. The standard InChI is InChI=1S/C16H22N2/c1-4-12(3)15(17-5-2)16-14-9-7-6-8-13(14)10-11-18-16/h6-12,15,17H,4-5H2,1-3H3. The van der Waals surface area contributed by atoms with E-state index in [2.05, 4.69) is 61.4 Å². The van der Waals surface area contributed by atoms with Crippen LogP contribution in [0.4, 0.5) is 0 Å². The molecule has 96 valence electrons. The predicted octanol–water partition coefficient (Wildman–Crippen LogP) is 3.93. The molecule has 0 spiro atoms. The third kappa shape index (κ3) is 2.54. The van der Waals surface area contributed by atoms with Crippen LogP contribution in [0.1, 0.15) is 38.9 Å². The van der Waals surface area contributed by atoms with Crippen molar-refractivity contribution in [2.75, 3.05) is 6.54 Å². The van der Waals surface area contributed by atoms with Crippen LogP contribution in [0, 0.1) is 5.92 Å². The SMILES string of the molecule is CCNC(c1nccc2ccccc12)C(C)CC. The van der Waals surface area contributed by atoms with Crippen molar-refractivity contribution in [1.82, 2.24) is 10.3 Å². The van der Waals surface area contributed by atoms with Gasteiger partial charge in [0.15, 0.2) is 0 Å². The van der Waals surface area contributed by atoms with Crippen molar-refractivity contribution in [1.29, 1.82) is 0 Å². The van der Waals surface area contributed by atoms with Gasteiger partial charge in [-0.05, 0) is 23.9 Å². The van der Waals surface area contributed by atoms with Crippen LogP contribution in [-0.2, 0) is 0 Å². The molecule has 0 aliphatic carbocycles. The quantitative estimate of drug-likeness (QED) is 0.859. The Kier molecular flexibility index (Phi) is 4.32. The van der Waals surface area contributed by atoms with Gasteiger partial charge in [0, 0.05) is 11.6 Å². The molecular formula is C16H22N2. The van der Waals surface area contributed by atoms with Gasteiger partial charge in [-0.15, -0.1) is 0 Å². The van der Waals surface area contributed by atoms with Crippen LogP contribution in [0.2, 0.25) is 0 Å². The molecule has 0 aliphatic rings. The summed E-state index contributed by atoms with van der Waals surface area (Å²) in [5.74, 6) is 0.586. The largest absolute Gasteiger partial charge is 0.309 e. The molecule has 0 saturated carbocycles. The topological polar surface area (TPSA) is 24.9 Å². The van der Waals surface area contributed by atoms with E-state index in [1.54, 1.807) is 0 Å². The van der Waals surface area contributed by atoms with Crippen molar-refractivity contribution >= 4 is 10.8 Å². The molecule has 2 aromatic rings. The number of rotatable bonds is 5. The maximum absolute atomic E-state index is 4.63. The summed E-state index contributed by atoms with van der Waals surface area (Å²) in [5.41, 5.74) is 1.18. The fourth-order valence-electron chi connectivity index (χ4n) is 2.41. The molecule has 0 fully saturated rings. The van der Waals surface area contributed by atoms with Gasteiger partial charge in [-0.2, -0.15) is 0 Å². The van der Waals surface area contributed by atoms with E-state index in [4.69, 9.17) is 0 Å². The van der Waals surface area contributed by atoms with Gasteiger partial charge in [-0.25, -0.2) is 0 Å². The average molecular weight is 242 g/mol. The molecule has 2 heteroatoms. The maximum atomic E-state index is 4.63. The van der Waals surface area contributed by atoms with Crippen LogP contribution in [0.15, 0.2) is 36.5 Å². The fraction of sp³-hybridized carbons (Fsp3) is 0.438. The first-order chi connectivity index (χ1) is 8.77. The number of nitrogens with zero attached hydrogens (tertiary/aromatic N) is 1. The highest BCUT2D eigenvalue weighted by Crippen LogP contribution is 2.28. The molecule has 2 rings (SSSR count). The zero-order valence-electron chi connectivity index (χ0n) is 11.5. The molecule has 0 bridgehead atoms. The second kappa shape index (κ2) is 5.96. The summed E-state index contributed by atoms with van der Waals surface area (Å²) in [6.45, 7) is 7.65. The van der Waals surface area contributed by atoms with Crippen LogP contribution in [0.25, 0.3) is 10.8 Å². The average Bonchev–Trinajstić information content (AvgIpc) is 2.43. The van der Waals surface area contributed by atoms with E-state index in [-0.39, 0.29) is 0 Å². The second-order valence-corrected chi connectivity index (χ2v) is 4.84. The molecule has 0 radical (unpaired) electrons. The zero-order valence-corrected chi connectivity index (χ0v) is 11.5. The number of nitrogens with one attached hydrogen (secondary N) is 1. The Bertz CT molecular complexity index is 502. The number of aromatic nitrogens is 1. The number of hydrogen-bond acceptors (Lipinski definition) is 2. The molecule has 0 aliphatic heterocycles. The predicted molar refractivity (Wildman–Crippen MR) is 77.6 cm³/mol. The third-order valence-electron chi connectivity index (χ3n) is 3.64. The van der Waals surface area contributed by atoms with Crippen molar-refractivity contribution in [2.24, 2.45) is 5.92 Å². The molecule has 0 saturated heterocycles. The fourth-order valence-corrected chi connectivity index (χ4v) is 2.41. The highest BCUT2D eigenvalue weighted by molar-refractivity contribution is 5.84. The Labute approximate surface area is 109 Å². The van der Waals surface area contributed by atoms with Crippen molar-refractivity contribution < 1.29 is 0 Å². The Morgan fingerprint density at radius 1 is 1.17 bits per heavy atom. The summed E-state index contributed by atoms with van der Waals surface area (Å²) in [4.78, 5) is 4.63. The van der Waals surface area contributed by atoms with E-state index in [9.17, 15) is 0 Å². The van der Waals surface area contributed by atoms with E-state index >= 15 is 0 Å². The first-order valence-electron chi connectivity index (χ1n) is 6.85. The smallest absolute Gasteiger partial charge is 0.0654 e. The van der Waals surface area contributed by atoms with Crippen molar-refractivity contribution in [3.63, 3.8) is 0 Å². The summed E-state index contributed by atoms with van der Waals surface area (Å²) in [6.07, 6.45) is 3.08. The zero-order chi connectivity index (χ0) is 13.0. The third-order valence-corrected chi connectivity index (χ3v) is 3.64. The molecule has 0 amide bonds. The summed E-state index contributed by atoms with van der Waals surface area (Å²) >= 11 is 0. The van der Waals surface area contributed by atoms with Gasteiger partial charge in [-0.1, -0.05) is 51.5 Å². The molecule has 2 nitrogen and oxygen atoms in total. The minimum absolute atomic E-state index is 0.339. The minimum atomic E-state index is 0.339. The van der Waals surface area contributed by atoms with Crippen LogP contribution in [0.3, 0.4) is 0 Å². The Morgan fingerprint density at radius 2 is 1.94 bits per heavy atom. The van der Waals surface area contributed by atoms with Crippen molar-refractivity contribution in [3.05, 3.63) is 42.2 Å². The first kappa shape index (κ1) is 13.0. The van der Waals surface area contributed by atoms with Crippen LogP contribution in [-0.4, -0.2) is 11.5 Å². The summed E-state index contributed by atoms with van der Waals surface area (Å²) in [6, 6.07) is 10.9. The number of pyridine rings is 1. The molecule has 2 atom stereocenters. The van der Waals surface area contributed by atoms with Gasteiger partial charge < -0.3 is 5.32 Å². The monoisotopic (exact) mass is 242 g/mol. The number of hydrogen-bond donors (Lipinski definition) is 1. The van der Waals surface area contributed by atoms with Gasteiger partial charge in [0.2, 0.25) is 0 Å². The molecule has 1 N–H and O–H groups in total. The lowest BCUT2D eigenvalue weighted by atomic mass is 9.93. The van der Waals surface area contributed by atoms with Crippen LogP contribution in [0.5, 0.6) is 0 Å². The summed E-state index contributed by atoms with van der Waals surface area (Å²) in [5, 5.41) is 6.12. The van der Waals surface area contributed by atoms with Gasteiger partial charge in [0.05, 0.1) is 11.7 Å². The highest BCUT2D eigenvalue weighted by atomic mass is 14.9. The van der Waals surface area contributed by atoms with E-state index in [0.717, 1.165) is 13.0 Å². The number of fused-ring (bicyclic) bond motifs is 1. The maximum Gasteiger partial charge on any atom is 0.0654 e. The lowest BCUT2D eigenvalue weighted by Crippen LogP contribution is -2.27. The normalized spacial score (nSPS) is 14.6.